The maximum Gasteiger partial charge on any atom is 0.307 e. The Bertz CT molecular complexity index is 1100. The third-order valence-corrected chi connectivity index (χ3v) is 6.96. The number of nitrogens with one attached hydrogen (secondary N) is 1. The number of hydrogen-bond acceptors (Lipinski definition) is 3. The second kappa shape index (κ2) is 9.38. The zero-order valence-electron chi connectivity index (χ0n) is 20.4. The molecule has 176 valence electrons. The standard InChI is InChI=1S/C27H34N2O4/c1-7-27(5,6)26(33)29-13-12-19-10-8-9-11-20(19)24(29)25(32)28-23-17(3)14-16(2)21(18(23)4)15-22(30)31/h8-11,14,24H,7,12-13,15H2,1-6H3,(H,28,32)(H,30,31). The summed E-state index contributed by atoms with van der Waals surface area (Å²) in [6.45, 7) is 11.9. The van der Waals surface area contributed by atoms with E-state index in [1.54, 1.807) is 4.90 Å². The Balaban J connectivity index is 2.05. The second-order valence-corrected chi connectivity index (χ2v) is 9.64. The van der Waals surface area contributed by atoms with Crippen molar-refractivity contribution in [1.82, 2.24) is 4.90 Å². The molecule has 1 aliphatic heterocycles. The van der Waals surface area contributed by atoms with E-state index in [9.17, 15) is 19.5 Å². The predicted molar refractivity (Wildman–Crippen MR) is 129 cm³/mol. The van der Waals surface area contributed by atoms with Gasteiger partial charge in [-0.15, -0.1) is 0 Å². The minimum atomic E-state index is -0.915. The molecule has 1 atom stereocenters. The van der Waals surface area contributed by atoms with Crippen LogP contribution in [-0.2, 0) is 27.2 Å². The topological polar surface area (TPSA) is 86.7 Å². The molecule has 33 heavy (non-hydrogen) atoms. The van der Waals surface area contributed by atoms with Gasteiger partial charge in [0, 0.05) is 17.6 Å². The summed E-state index contributed by atoms with van der Waals surface area (Å²) in [7, 11) is 0. The van der Waals surface area contributed by atoms with Gasteiger partial charge in [-0.25, -0.2) is 0 Å². The van der Waals surface area contributed by atoms with Crippen molar-refractivity contribution in [3.05, 3.63) is 63.7 Å². The lowest BCUT2D eigenvalue weighted by Crippen LogP contribution is -2.49. The van der Waals surface area contributed by atoms with E-state index in [-0.39, 0.29) is 18.2 Å². The minimum Gasteiger partial charge on any atom is -0.481 e. The first-order chi connectivity index (χ1) is 15.5. The molecule has 2 amide bonds. The fourth-order valence-corrected chi connectivity index (χ4v) is 4.64. The number of carboxylic acid groups (broad SMARTS) is 1. The van der Waals surface area contributed by atoms with Gasteiger partial charge in [0.15, 0.2) is 0 Å². The number of hydrogen-bond donors (Lipinski definition) is 2. The van der Waals surface area contributed by atoms with Crippen LogP contribution in [0.5, 0.6) is 0 Å². The van der Waals surface area contributed by atoms with Gasteiger partial charge in [0.05, 0.1) is 6.42 Å². The normalized spacial score (nSPS) is 15.7. The highest BCUT2D eigenvalue weighted by molar-refractivity contribution is 6.00. The van der Waals surface area contributed by atoms with Crippen LogP contribution >= 0.6 is 0 Å². The number of amides is 2. The number of rotatable bonds is 6. The number of aryl methyl sites for hydroxylation is 2. The summed E-state index contributed by atoms with van der Waals surface area (Å²) in [6, 6.07) is 8.94. The molecule has 3 rings (SSSR count). The van der Waals surface area contributed by atoms with Crippen LogP contribution in [-0.4, -0.2) is 34.3 Å². The molecule has 2 aromatic rings. The van der Waals surface area contributed by atoms with Crippen molar-refractivity contribution < 1.29 is 19.5 Å². The van der Waals surface area contributed by atoms with Crippen molar-refractivity contribution >= 4 is 23.5 Å². The van der Waals surface area contributed by atoms with Crippen LogP contribution in [0, 0.1) is 26.2 Å². The van der Waals surface area contributed by atoms with Crippen LogP contribution in [0.1, 0.15) is 66.6 Å². The lowest BCUT2D eigenvalue weighted by atomic mass is 9.84. The minimum absolute atomic E-state index is 0.0384. The van der Waals surface area contributed by atoms with Gasteiger partial charge in [-0.05, 0) is 67.0 Å². The summed E-state index contributed by atoms with van der Waals surface area (Å²) in [6.07, 6.45) is 1.27. The molecule has 6 nitrogen and oxygen atoms in total. The molecule has 0 aromatic heterocycles. The highest BCUT2D eigenvalue weighted by Gasteiger charge is 2.40. The second-order valence-electron chi connectivity index (χ2n) is 9.64. The average molecular weight is 451 g/mol. The van der Waals surface area contributed by atoms with Gasteiger partial charge in [-0.3, -0.25) is 14.4 Å². The van der Waals surface area contributed by atoms with Crippen LogP contribution in [0.15, 0.2) is 30.3 Å². The molecule has 6 heteroatoms. The van der Waals surface area contributed by atoms with E-state index >= 15 is 0 Å². The Labute approximate surface area is 196 Å². The molecular weight excluding hydrogens is 416 g/mol. The SMILES string of the molecule is CCC(C)(C)C(=O)N1CCc2ccccc2C1C(=O)Nc1c(C)cc(C)c(CC(=O)O)c1C. The maximum absolute atomic E-state index is 13.8. The summed E-state index contributed by atoms with van der Waals surface area (Å²) in [5, 5.41) is 12.4. The van der Waals surface area contributed by atoms with E-state index in [1.807, 2.05) is 71.9 Å². The number of nitrogens with zero attached hydrogens (tertiary/aromatic N) is 1. The van der Waals surface area contributed by atoms with Crippen LogP contribution < -0.4 is 5.32 Å². The third kappa shape index (κ3) is 4.80. The Kier molecular flexibility index (Phi) is 6.96. The average Bonchev–Trinajstić information content (AvgIpc) is 2.77. The maximum atomic E-state index is 13.8. The molecule has 0 bridgehead atoms. The van der Waals surface area contributed by atoms with Crippen molar-refractivity contribution in [3.63, 3.8) is 0 Å². The van der Waals surface area contributed by atoms with Crippen LogP contribution in [0.3, 0.4) is 0 Å². The van der Waals surface area contributed by atoms with Gasteiger partial charge in [0.1, 0.15) is 6.04 Å². The lowest BCUT2D eigenvalue weighted by Gasteiger charge is -2.40. The van der Waals surface area contributed by atoms with Crippen molar-refractivity contribution in [3.8, 4) is 0 Å². The zero-order chi connectivity index (χ0) is 24.5. The lowest BCUT2D eigenvalue weighted by molar-refractivity contribution is -0.147. The zero-order valence-corrected chi connectivity index (χ0v) is 20.4. The molecular formula is C27H34N2O4. The summed E-state index contributed by atoms with van der Waals surface area (Å²) < 4.78 is 0. The molecule has 0 saturated heterocycles. The summed E-state index contributed by atoms with van der Waals surface area (Å²) in [4.78, 5) is 40.3. The number of aliphatic carboxylic acids is 1. The number of anilines is 1. The van der Waals surface area contributed by atoms with Gasteiger partial charge >= 0.3 is 5.97 Å². The Morgan fingerprint density at radius 3 is 2.42 bits per heavy atom. The van der Waals surface area contributed by atoms with Crippen molar-refractivity contribution in [2.75, 3.05) is 11.9 Å². The van der Waals surface area contributed by atoms with E-state index in [2.05, 4.69) is 5.32 Å². The first-order valence-corrected chi connectivity index (χ1v) is 11.5. The van der Waals surface area contributed by atoms with Crippen LogP contribution in [0.25, 0.3) is 0 Å². The van der Waals surface area contributed by atoms with E-state index in [0.29, 0.717) is 30.6 Å². The van der Waals surface area contributed by atoms with Gasteiger partial charge in [-0.1, -0.05) is 51.1 Å². The van der Waals surface area contributed by atoms with E-state index in [4.69, 9.17) is 0 Å². The fourth-order valence-electron chi connectivity index (χ4n) is 4.64. The summed E-state index contributed by atoms with van der Waals surface area (Å²) >= 11 is 0. The van der Waals surface area contributed by atoms with Crippen molar-refractivity contribution in [1.29, 1.82) is 0 Å². The molecule has 1 aliphatic rings. The number of fused-ring (bicyclic) bond motifs is 1. The molecule has 2 N–H and O–H groups in total. The van der Waals surface area contributed by atoms with Crippen molar-refractivity contribution in [2.24, 2.45) is 5.41 Å². The van der Waals surface area contributed by atoms with E-state index in [1.165, 1.54) is 0 Å². The monoisotopic (exact) mass is 450 g/mol. The number of carbonyl (C=O) groups excluding carboxylic acids is 2. The third-order valence-electron chi connectivity index (χ3n) is 6.96. The Morgan fingerprint density at radius 1 is 1.12 bits per heavy atom. The molecule has 0 spiro atoms. The molecule has 0 saturated carbocycles. The molecule has 1 heterocycles. The molecule has 0 aliphatic carbocycles. The van der Waals surface area contributed by atoms with E-state index < -0.39 is 17.4 Å². The number of benzene rings is 2. The summed E-state index contributed by atoms with van der Waals surface area (Å²) in [5.74, 6) is -1.23. The van der Waals surface area contributed by atoms with Crippen LogP contribution in [0.4, 0.5) is 5.69 Å². The van der Waals surface area contributed by atoms with E-state index in [0.717, 1.165) is 27.8 Å². The fraction of sp³-hybridized carbons (Fsp3) is 0.444. The highest BCUT2D eigenvalue weighted by atomic mass is 16.4. The van der Waals surface area contributed by atoms with Crippen LogP contribution in [0.2, 0.25) is 0 Å². The molecule has 2 aromatic carbocycles. The number of carboxylic acids is 1. The van der Waals surface area contributed by atoms with Gasteiger partial charge < -0.3 is 15.3 Å². The number of carbonyl (C=O) groups is 3. The molecule has 1 unspecified atom stereocenters. The summed E-state index contributed by atoms with van der Waals surface area (Å²) in [5.41, 5.74) is 5.15. The smallest absolute Gasteiger partial charge is 0.307 e. The van der Waals surface area contributed by atoms with Gasteiger partial charge in [-0.2, -0.15) is 0 Å². The molecule has 0 radical (unpaired) electrons. The highest BCUT2D eigenvalue weighted by Crippen LogP contribution is 2.36. The van der Waals surface area contributed by atoms with Crippen molar-refractivity contribution in [2.45, 2.75) is 66.8 Å². The predicted octanol–water partition coefficient (Wildman–Crippen LogP) is 4.74. The first-order valence-electron chi connectivity index (χ1n) is 11.5. The van der Waals surface area contributed by atoms with Gasteiger partial charge in [0.25, 0.3) is 5.91 Å². The van der Waals surface area contributed by atoms with Gasteiger partial charge in [0.2, 0.25) is 5.91 Å². The molecule has 0 fully saturated rings. The Hall–Kier alpha value is -3.15. The quantitative estimate of drug-likeness (QED) is 0.666. The first kappa shape index (κ1) is 24.5. The Morgan fingerprint density at radius 2 is 1.79 bits per heavy atom. The largest absolute Gasteiger partial charge is 0.481 e.